The Hall–Kier alpha value is -1.69. The number of benzene rings is 1. The summed E-state index contributed by atoms with van der Waals surface area (Å²) in [4.78, 5) is 17.2. The van der Waals surface area contributed by atoms with Crippen LogP contribution in [-0.4, -0.2) is 30.4 Å². The van der Waals surface area contributed by atoms with Crippen LogP contribution in [0.1, 0.15) is 52.5 Å². The lowest BCUT2D eigenvalue weighted by atomic mass is 9.89. The van der Waals surface area contributed by atoms with Crippen LogP contribution in [0, 0.1) is 6.92 Å². The van der Waals surface area contributed by atoms with Gasteiger partial charge in [-0.1, -0.05) is 17.7 Å². The van der Waals surface area contributed by atoms with Crippen LogP contribution in [-0.2, 0) is 17.6 Å². The second-order valence-corrected chi connectivity index (χ2v) is 10.6. The van der Waals surface area contributed by atoms with E-state index in [2.05, 4.69) is 46.8 Å². The van der Waals surface area contributed by atoms with Gasteiger partial charge in [0.1, 0.15) is 0 Å². The van der Waals surface area contributed by atoms with E-state index in [1.165, 1.54) is 51.3 Å². The predicted molar refractivity (Wildman–Crippen MR) is 125 cm³/mol. The number of nitrogens with one attached hydrogen (secondary N) is 1. The Labute approximate surface area is 180 Å². The molecule has 1 aromatic carbocycles. The Morgan fingerprint density at radius 2 is 2.03 bits per heavy atom. The maximum Gasteiger partial charge on any atom is 0.224 e. The fourth-order valence-electron chi connectivity index (χ4n) is 4.74. The van der Waals surface area contributed by atoms with Crippen molar-refractivity contribution in [1.82, 2.24) is 4.90 Å². The number of carbonyl (C=O) groups excluding carboxylic acids is 1. The van der Waals surface area contributed by atoms with Crippen LogP contribution < -0.4 is 5.32 Å². The molecule has 0 unspecified atom stereocenters. The summed E-state index contributed by atoms with van der Waals surface area (Å²) in [6.45, 7) is 5.70. The molecule has 0 aliphatic carbocycles. The number of rotatable bonds is 4. The number of carbonyl (C=O) groups is 1. The fourth-order valence-corrected chi connectivity index (χ4v) is 6.91. The molecule has 2 aromatic heterocycles. The molecule has 2 aliphatic rings. The Morgan fingerprint density at radius 1 is 1.17 bits per heavy atom. The minimum atomic E-state index is 0.173. The van der Waals surface area contributed by atoms with E-state index < -0.39 is 0 Å². The summed E-state index contributed by atoms with van der Waals surface area (Å²) >= 11 is 3.80. The van der Waals surface area contributed by atoms with Crippen molar-refractivity contribution in [3.8, 4) is 0 Å². The summed E-state index contributed by atoms with van der Waals surface area (Å²) in [5, 5.41) is 6.96. The van der Waals surface area contributed by atoms with Crippen LogP contribution >= 0.6 is 22.7 Å². The Balaban J connectivity index is 1.18. The van der Waals surface area contributed by atoms with Gasteiger partial charge in [0.2, 0.25) is 5.91 Å². The normalized spacial score (nSPS) is 18.6. The molecule has 2 aliphatic heterocycles. The molecule has 1 fully saturated rings. The highest BCUT2D eigenvalue weighted by Crippen LogP contribution is 2.37. The second-order valence-electron chi connectivity index (χ2n) is 8.51. The number of aryl methyl sites for hydroxylation is 2. The van der Waals surface area contributed by atoms with Gasteiger partial charge in [-0.15, -0.1) is 22.7 Å². The van der Waals surface area contributed by atoms with Gasteiger partial charge in [0.15, 0.2) is 0 Å². The number of nitrogens with zero attached hydrogens (tertiary/aromatic N) is 1. The van der Waals surface area contributed by atoms with Crippen molar-refractivity contribution in [3.63, 3.8) is 0 Å². The summed E-state index contributed by atoms with van der Waals surface area (Å²) in [5.41, 5.74) is 4.01. The molecule has 29 heavy (non-hydrogen) atoms. The summed E-state index contributed by atoms with van der Waals surface area (Å²) in [7, 11) is 0. The monoisotopic (exact) mass is 424 g/mol. The maximum atomic E-state index is 11.8. The molecule has 0 atom stereocenters. The van der Waals surface area contributed by atoms with E-state index in [4.69, 9.17) is 0 Å². The highest BCUT2D eigenvalue weighted by atomic mass is 32.1. The Bertz CT molecular complexity index is 1030. The number of thiophene rings is 2. The summed E-state index contributed by atoms with van der Waals surface area (Å²) in [6.07, 6.45) is 6.29. The van der Waals surface area contributed by atoms with Gasteiger partial charge in [-0.2, -0.15) is 0 Å². The Kier molecular flexibility index (Phi) is 5.46. The third-order valence-electron chi connectivity index (χ3n) is 6.40. The molecule has 4 heterocycles. The van der Waals surface area contributed by atoms with Crippen molar-refractivity contribution in [2.24, 2.45) is 0 Å². The largest absolute Gasteiger partial charge is 0.325 e. The van der Waals surface area contributed by atoms with E-state index in [1.54, 1.807) is 5.56 Å². The first kappa shape index (κ1) is 19.3. The standard InChI is InChI=1S/C24H28N2OS2/c1-16-5-6-22-19(13-16)20(15-28-22)17-7-10-26(11-8-17)12-9-18-14-21-23(29-18)3-2-4-24(27)25-21/h5-6,13-15,17H,2-4,7-12H2,1H3,(H,25,27). The summed E-state index contributed by atoms with van der Waals surface area (Å²) < 4.78 is 1.43. The van der Waals surface area contributed by atoms with Crippen molar-refractivity contribution >= 4 is 44.4 Å². The molecular formula is C24H28N2OS2. The molecule has 5 rings (SSSR count). The average molecular weight is 425 g/mol. The van der Waals surface area contributed by atoms with Gasteiger partial charge in [-0.3, -0.25) is 4.79 Å². The van der Waals surface area contributed by atoms with Gasteiger partial charge in [0.25, 0.3) is 0 Å². The van der Waals surface area contributed by atoms with Gasteiger partial charge in [-0.05, 0) is 86.5 Å². The van der Waals surface area contributed by atoms with Crippen molar-refractivity contribution < 1.29 is 4.79 Å². The second kappa shape index (κ2) is 8.21. The number of fused-ring (bicyclic) bond motifs is 2. The molecule has 0 bridgehead atoms. The Morgan fingerprint density at radius 3 is 2.90 bits per heavy atom. The third-order valence-corrected chi connectivity index (χ3v) is 8.64. The first-order valence-corrected chi connectivity index (χ1v) is 12.5. The van der Waals surface area contributed by atoms with Crippen LogP contribution in [0.4, 0.5) is 5.69 Å². The van der Waals surface area contributed by atoms with Gasteiger partial charge in [0.05, 0.1) is 5.69 Å². The highest BCUT2D eigenvalue weighted by molar-refractivity contribution is 7.17. The summed E-state index contributed by atoms with van der Waals surface area (Å²) in [5.74, 6) is 0.876. The minimum Gasteiger partial charge on any atom is -0.325 e. The molecule has 1 amide bonds. The molecule has 0 radical (unpaired) electrons. The van der Waals surface area contributed by atoms with Crippen LogP contribution in [0.5, 0.6) is 0 Å². The topological polar surface area (TPSA) is 32.3 Å². The van der Waals surface area contributed by atoms with Gasteiger partial charge < -0.3 is 10.2 Å². The number of likely N-dealkylation sites (tertiary alicyclic amines) is 1. The molecule has 0 saturated carbocycles. The summed E-state index contributed by atoms with van der Waals surface area (Å²) in [6, 6.07) is 9.09. The lowest BCUT2D eigenvalue weighted by molar-refractivity contribution is -0.116. The molecule has 5 heteroatoms. The minimum absolute atomic E-state index is 0.173. The third kappa shape index (κ3) is 4.14. The number of hydrogen-bond acceptors (Lipinski definition) is 4. The average Bonchev–Trinajstić information content (AvgIpc) is 3.26. The van der Waals surface area contributed by atoms with Gasteiger partial charge in [0, 0.05) is 27.4 Å². The zero-order valence-corrected chi connectivity index (χ0v) is 18.6. The van der Waals surface area contributed by atoms with E-state index >= 15 is 0 Å². The van der Waals surface area contributed by atoms with E-state index in [1.807, 2.05) is 22.7 Å². The van der Waals surface area contributed by atoms with E-state index in [9.17, 15) is 4.79 Å². The SMILES string of the molecule is Cc1ccc2scc(C3CCN(CCc4cc5c(s4)CCCC(=O)N5)CC3)c2c1. The zero-order chi connectivity index (χ0) is 19.8. The number of anilines is 1. The molecule has 3 aromatic rings. The number of hydrogen-bond donors (Lipinski definition) is 1. The first-order chi connectivity index (χ1) is 14.2. The molecule has 1 N–H and O–H groups in total. The first-order valence-electron chi connectivity index (χ1n) is 10.8. The van der Waals surface area contributed by atoms with Crippen LogP contribution in [0.25, 0.3) is 10.1 Å². The number of amides is 1. The molecule has 1 saturated heterocycles. The van der Waals surface area contributed by atoms with E-state index in [-0.39, 0.29) is 5.91 Å². The molecule has 152 valence electrons. The van der Waals surface area contributed by atoms with Crippen molar-refractivity contribution in [2.45, 2.75) is 51.4 Å². The van der Waals surface area contributed by atoms with Crippen LogP contribution in [0.15, 0.2) is 29.6 Å². The molecular weight excluding hydrogens is 396 g/mol. The van der Waals surface area contributed by atoms with Gasteiger partial charge >= 0.3 is 0 Å². The highest BCUT2D eigenvalue weighted by Gasteiger charge is 2.23. The van der Waals surface area contributed by atoms with Crippen molar-refractivity contribution in [3.05, 3.63) is 50.5 Å². The quantitative estimate of drug-likeness (QED) is 0.560. The zero-order valence-electron chi connectivity index (χ0n) is 17.0. The van der Waals surface area contributed by atoms with Crippen molar-refractivity contribution in [2.75, 3.05) is 25.0 Å². The van der Waals surface area contributed by atoms with Crippen LogP contribution in [0.2, 0.25) is 0 Å². The van der Waals surface area contributed by atoms with E-state index in [0.717, 1.165) is 31.5 Å². The maximum absolute atomic E-state index is 11.8. The van der Waals surface area contributed by atoms with Crippen LogP contribution in [0.3, 0.4) is 0 Å². The fraction of sp³-hybridized carbons (Fsp3) is 0.458. The number of piperidine rings is 1. The van der Waals surface area contributed by atoms with Crippen molar-refractivity contribution in [1.29, 1.82) is 0 Å². The smallest absolute Gasteiger partial charge is 0.224 e. The molecule has 3 nitrogen and oxygen atoms in total. The van der Waals surface area contributed by atoms with E-state index in [0.29, 0.717) is 12.3 Å². The molecule has 0 spiro atoms. The predicted octanol–water partition coefficient (Wildman–Crippen LogP) is 5.97. The lowest BCUT2D eigenvalue weighted by Gasteiger charge is -2.32. The lowest BCUT2D eigenvalue weighted by Crippen LogP contribution is -2.34. The van der Waals surface area contributed by atoms with Gasteiger partial charge in [-0.25, -0.2) is 0 Å².